The fraction of sp³-hybridized carbons (Fsp3) is 0.385. The number of ketones is 1. The first-order valence-corrected chi connectivity index (χ1v) is 5.24. The van der Waals surface area contributed by atoms with E-state index in [9.17, 15) is 4.79 Å². The molecule has 0 N–H and O–H groups in total. The molecule has 0 radical (unpaired) electrons. The van der Waals surface area contributed by atoms with Crippen LogP contribution in [-0.4, -0.2) is 10.8 Å². The van der Waals surface area contributed by atoms with E-state index in [1.54, 1.807) is 30.6 Å². The monoisotopic (exact) mass is 203 g/mol. The molecule has 1 rings (SSSR count). The number of nitrogens with zero attached hydrogens (tertiary/aromatic N) is 1. The lowest BCUT2D eigenvalue weighted by Crippen LogP contribution is -2.01. The predicted molar refractivity (Wildman–Crippen MR) is 61.7 cm³/mol. The molecule has 0 aliphatic carbocycles. The van der Waals surface area contributed by atoms with E-state index in [2.05, 4.69) is 25.8 Å². The molecular formula is C13H17NO. The van der Waals surface area contributed by atoms with Gasteiger partial charge in [0, 0.05) is 18.0 Å². The molecule has 1 heterocycles. The second-order valence-electron chi connectivity index (χ2n) is 4.07. The Balaban J connectivity index is 2.64. The van der Waals surface area contributed by atoms with Crippen LogP contribution in [0.4, 0.5) is 0 Å². The number of pyridine rings is 1. The highest BCUT2D eigenvalue weighted by atomic mass is 16.1. The molecule has 2 heteroatoms. The summed E-state index contributed by atoms with van der Waals surface area (Å²) in [6, 6.07) is 3.55. The second-order valence-corrected chi connectivity index (χ2v) is 4.07. The van der Waals surface area contributed by atoms with Gasteiger partial charge in [0.2, 0.25) is 0 Å². The van der Waals surface area contributed by atoms with E-state index in [1.807, 2.05) is 6.08 Å². The van der Waals surface area contributed by atoms with Crippen LogP contribution in [0.15, 0.2) is 36.7 Å². The third-order valence-electron chi connectivity index (χ3n) is 2.55. The number of carbonyl (C=O) groups is 1. The molecule has 80 valence electrons. The molecule has 1 unspecified atom stereocenters. The fourth-order valence-electron chi connectivity index (χ4n) is 1.07. The average Bonchev–Trinajstić information content (AvgIpc) is 2.26. The van der Waals surface area contributed by atoms with E-state index in [0.717, 1.165) is 0 Å². The Hall–Kier alpha value is -1.44. The summed E-state index contributed by atoms with van der Waals surface area (Å²) in [5.74, 6) is 1.00. The van der Waals surface area contributed by atoms with Gasteiger partial charge in [0.25, 0.3) is 0 Å². The zero-order chi connectivity index (χ0) is 11.3. The molecule has 0 aliphatic rings. The maximum absolute atomic E-state index is 11.6. The van der Waals surface area contributed by atoms with Crippen molar-refractivity contribution < 1.29 is 4.79 Å². The highest BCUT2D eigenvalue weighted by molar-refractivity contribution is 6.04. The van der Waals surface area contributed by atoms with E-state index in [1.165, 1.54) is 0 Å². The largest absolute Gasteiger partial charge is 0.289 e. The van der Waals surface area contributed by atoms with Crippen LogP contribution < -0.4 is 0 Å². The van der Waals surface area contributed by atoms with Crippen molar-refractivity contribution in [3.8, 4) is 0 Å². The Bertz CT molecular complexity index is 341. The van der Waals surface area contributed by atoms with Crippen molar-refractivity contribution in [2.24, 2.45) is 11.8 Å². The molecule has 1 aromatic rings. The number of aromatic nitrogens is 1. The molecule has 1 atom stereocenters. The minimum absolute atomic E-state index is 0.0237. The van der Waals surface area contributed by atoms with Gasteiger partial charge in [0.15, 0.2) is 5.78 Å². The van der Waals surface area contributed by atoms with Crippen molar-refractivity contribution in [1.29, 1.82) is 0 Å². The first-order valence-electron chi connectivity index (χ1n) is 5.24. The molecular weight excluding hydrogens is 186 g/mol. The van der Waals surface area contributed by atoms with Crippen molar-refractivity contribution in [2.45, 2.75) is 20.8 Å². The van der Waals surface area contributed by atoms with Crippen molar-refractivity contribution in [3.63, 3.8) is 0 Å². The summed E-state index contributed by atoms with van der Waals surface area (Å²) >= 11 is 0. The molecule has 15 heavy (non-hydrogen) atoms. The van der Waals surface area contributed by atoms with Crippen LogP contribution in [0.2, 0.25) is 0 Å². The molecule has 0 saturated carbocycles. The van der Waals surface area contributed by atoms with E-state index < -0.39 is 0 Å². The second kappa shape index (κ2) is 5.44. The summed E-state index contributed by atoms with van der Waals surface area (Å²) in [7, 11) is 0. The normalized spacial score (nSPS) is 13.3. The Morgan fingerprint density at radius 3 is 2.67 bits per heavy atom. The Labute approximate surface area is 91.0 Å². The van der Waals surface area contributed by atoms with Crippen molar-refractivity contribution in [2.75, 3.05) is 0 Å². The zero-order valence-corrected chi connectivity index (χ0v) is 9.47. The SMILES string of the molecule is CC(C)C(C)C=CC(=O)c1cccnc1. The maximum Gasteiger partial charge on any atom is 0.187 e. The van der Waals surface area contributed by atoms with Crippen LogP contribution in [0.3, 0.4) is 0 Å². The van der Waals surface area contributed by atoms with Gasteiger partial charge < -0.3 is 0 Å². The van der Waals surface area contributed by atoms with E-state index in [4.69, 9.17) is 0 Å². The first-order chi connectivity index (χ1) is 7.11. The topological polar surface area (TPSA) is 30.0 Å². The third-order valence-corrected chi connectivity index (χ3v) is 2.55. The number of allylic oxidation sites excluding steroid dienone is 2. The van der Waals surface area contributed by atoms with Gasteiger partial charge >= 0.3 is 0 Å². The fourth-order valence-corrected chi connectivity index (χ4v) is 1.07. The molecule has 0 saturated heterocycles. The number of rotatable bonds is 4. The van der Waals surface area contributed by atoms with Crippen LogP contribution >= 0.6 is 0 Å². The molecule has 0 bridgehead atoms. The lowest BCUT2D eigenvalue weighted by atomic mass is 9.97. The molecule has 0 aromatic carbocycles. The minimum Gasteiger partial charge on any atom is -0.289 e. The van der Waals surface area contributed by atoms with Gasteiger partial charge in [-0.05, 0) is 30.0 Å². The number of hydrogen-bond donors (Lipinski definition) is 0. The lowest BCUT2D eigenvalue weighted by Gasteiger charge is -2.08. The van der Waals surface area contributed by atoms with Gasteiger partial charge in [-0.25, -0.2) is 0 Å². The summed E-state index contributed by atoms with van der Waals surface area (Å²) in [5, 5.41) is 0. The Kier molecular flexibility index (Phi) is 4.22. The number of hydrogen-bond acceptors (Lipinski definition) is 2. The van der Waals surface area contributed by atoms with Gasteiger partial charge in [-0.3, -0.25) is 9.78 Å². The van der Waals surface area contributed by atoms with Crippen LogP contribution in [0.1, 0.15) is 31.1 Å². The minimum atomic E-state index is 0.0237. The molecule has 1 aromatic heterocycles. The summed E-state index contributed by atoms with van der Waals surface area (Å²) in [6.45, 7) is 6.39. The van der Waals surface area contributed by atoms with Crippen LogP contribution in [-0.2, 0) is 0 Å². The van der Waals surface area contributed by atoms with Crippen LogP contribution in [0.5, 0.6) is 0 Å². The Morgan fingerprint density at radius 2 is 2.13 bits per heavy atom. The number of carbonyl (C=O) groups excluding carboxylic acids is 1. The van der Waals surface area contributed by atoms with Gasteiger partial charge in [-0.15, -0.1) is 0 Å². The van der Waals surface area contributed by atoms with Gasteiger partial charge in [-0.2, -0.15) is 0 Å². The zero-order valence-electron chi connectivity index (χ0n) is 9.47. The Morgan fingerprint density at radius 1 is 1.40 bits per heavy atom. The molecule has 0 fully saturated rings. The van der Waals surface area contributed by atoms with E-state index >= 15 is 0 Å². The molecule has 0 aliphatic heterocycles. The summed E-state index contributed by atoms with van der Waals surface area (Å²) < 4.78 is 0. The highest BCUT2D eigenvalue weighted by Gasteiger charge is 2.04. The first kappa shape index (κ1) is 11.6. The van der Waals surface area contributed by atoms with Crippen molar-refractivity contribution in [3.05, 3.63) is 42.2 Å². The smallest absolute Gasteiger partial charge is 0.187 e. The summed E-state index contributed by atoms with van der Waals surface area (Å²) in [4.78, 5) is 15.6. The summed E-state index contributed by atoms with van der Waals surface area (Å²) in [5.41, 5.74) is 0.643. The van der Waals surface area contributed by atoms with Crippen LogP contribution in [0.25, 0.3) is 0 Å². The maximum atomic E-state index is 11.6. The quantitative estimate of drug-likeness (QED) is 0.556. The molecule has 0 amide bonds. The highest BCUT2D eigenvalue weighted by Crippen LogP contribution is 2.11. The van der Waals surface area contributed by atoms with Gasteiger partial charge in [-0.1, -0.05) is 26.8 Å². The third kappa shape index (κ3) is 3.66. The summed E-state index contributed by atoms with van der Waals surface area (Å²) in [6.07, 6.45) is 6.85. The standard InChI is InChI=1S/C13H17NO/c1-10(2)11(3)6-7-13(15)12-5-4-8-14-9-12/h4-11H,1-3H3. The van der Waals surface area contributed by atoms with Crippen molar-refractivity contribution in [1.82, 2.24) is 4.98 Å². The van der Waals surface area contributed by atoms with E-state index in [-0.39, 0.29) is 5.78 Å². The van der Waals surface area contributed by atoms with E-state index in [0.29, 0.717) is 17.4 Å². The molecule has 0 spiro atoms. The van der Waals surface area contributed by atoms with Gasteiger partial charge in [0.05, 0.1) is 0 Å². The van der Waals surface area contributed by atoms with Gasteiger partial charge in [0.1, 0.15) is 0 Å². The van der Waals surface area contributed by atoms with Crippen LogP contribution in [0, 0.1) is 11.8 Å². The lowest BCUT2D eigenvalue weighted by molar-refractivity contribution is 0.104. The predicted octanol–water partition coefficient (Wildman–Crippen LogP) is 3.11. The van der Waals surface area contributed by atoms with Crippen molar-refractivity contribution >= 4 is 5.78 Å². The average molecular weight is 203 g/mol. The molecule has 2 nitrogen and oxygen atoms in total.